The van der Waals surface area contributed by atoms with Crippen molar-refractivity contribution < 1.29 is 23.4 Å². The Hall–Kier alpha value is -1.96. The Bertz CT molecular complexity index is 852. The third-order valence-corrected chi connectivity index (χ3v) is 4.74. The first-order valence-corrected chi connectivity index (χ1v) is 7.97. The molecule has 2 N–H and O–H groups in total. The quantitative estimate of drug-likeness (QED) is 0.871. The Morgan fingerprint density at radius 2 is 1.82 bits per heavy atom. The third-order valence-electron chi connectivity index (χ3n) is 2.64. The highest BCUT2D eigenvalue weighted by Gasteiger charge is 2.19. The molecule has 0 spiro atoms. The molecule has 2 aromatic carbocycles. The highest BCUT2D eigenvalue weighted by Crippen LogP contribution is 2.28. The fraction of sp³-hybridized carbons (Fsp3) is 0. The van der Waals surface area contributed by atoms with Crippen molar-refractivity contribution in [3.8, 4) is 5.75 Å². The van der Waals surface area contributed by atoms with Gasteiger partial charge in [-0.25, -0.2) is 13.2 Å². The van der Waals surface area contributed by atoms with Crippen molar-refractivity contribution in [2.45, 2.75) is 4.90 Å². The van der Waals surface area contributed by atoms with Crippen molar-refractivity contribution in [2.24, 2.45) is 0 Å². The Labute approximate surface area is 136 Å². The zero-order chi connectivity index (χ0) is 16.5. The van der Waals surface area contributed by atoms with Gasteiger partial charge in [-0.15, -0.1) is 0 Å². The van der Waals surface area contributed by atoms with Gasteiger partial charge in [-0.1, -0.05) is 35.0 Å². The Morgan fingerprint density at radius 3 is 2.45 bits per heavy atom. The summed E-state index contributed by atoms with van der Waals surface area (Å²) < 4.78 is 26.7. The molecule has 0 atom stereocenters. The lowest BCUT2D eigenvalue weighted by atomic mass is 10.2. The van der Waals surface area contributed by atoms with Crippen LogP contribution in [0.5, 0.6) is 5.75 Å². The lowest BCUT2D eigenvalue weighted by Crippen LogP contribution is -2.14. The third kappa shape index (κ3) is 3.44. The van der Waals surface area contributed by atoms with E-state index in [1.165, 1.54) is 12.1 Å². The van der Waals surface area contributed by atoms with Gasteiger partial charge in [0, 0.05) is 10.7 Å². The molecule has 0 heterocycles. The Morgan fingerprint density at radius 1 is 1.14 bits per heavy atom. The topological polar surface area (TPSA) is 107 Å². The minimum atomic E-state index is -4.08. The summed E-state index contributed by atoms with van der Waals surface area (Å²) in [5.74, 6) is -2.18. The smallest absolute Gasteiger partial charge is 0.335 e. The maximum absolute atomic E-state index is 12.3. The molecule has 0 fully saturated rings. The van der Waals surface area contributed by atoms with Crippen LogP contribution in [0.25, 0.3) is 0 Å². The number of carboxylic acids is 1. The van der Waals surface area contributed by atoms with E-state index < -0.39 is 27.3 Å². The van der Waals surface area contributed by atoms with E-state index in [-0.39, 0.29) is 20.6 Å². The average molecular weight is 361 g/mol. The molecule has 22 heavy (non-hydrogen) atoms. The van der Waals surface area contributed by atoms with Crippen LogP contribution in [0.15, 0.2) is 41.3 Å². The van der Waals surface area contributed by atoms with E-state index >= 15 is 0 Å². The summed E-state index contributed by atoms with van der Waals surface area (Å²) >= 11 is 11.6. The molecule has 2 aromatic rings. The van der Waals surface area contributed by atoms with Gasteiger partial charge < -0.3 is 10.2 Å². The molecule has 9 heteroatoms. The van der Waals surface area contributed by atoms with Crippen molar-refractivity contribution in [1.82, 2.24) is 0 Å². The zero-order valence-electron chi connectivity index (χ0n) is 10.7. The number of sulfonamides is 1. The van der Waals surface area contributed by atoms with Crippen LogP contribution >= 0.6 is 23.2 Å². The summed E-state index contributed by atoms with van der Waals surface area (Å²) in [5.41, 5.74) is -0.620. The Kier molecular flexibility index (Phi) is 4.50. The summed E-state index contributed by atoms with van der Waals surface area (Å²) in [6, 6.07) is 6.96. The van der Waals surface area contributed by atoms with E-state index in [0.29, 0.717) is 0 Å². The lowest BCUT2D eigenvalue weighted by molar-refractivity contribution is -0.268. The second kappa shape index (κ2) is 6.04. The number of carbonyl (C=O) groups is 1. The number of hydrogen-bond acceptors (Lipinski definition) is 4. The minimum absolute atomic E-state index is 0.0456. The normalized spacial score (nSPS) is 11.2. The summed E-state index contributed by atoms with van der Waals surface area (Å²) in [6.45, 7) is 0. The Balaban J connectivity index is 2.43. The molecule has 116 valence electrons. The van der Waals surface area contributed by atoms with Crippen molar-refractivity contribution in [2.75, 3.05) is 4.72 Å². The summed E-state index contributed by atoms with van der Waals surface area (Å²) in [5, 5.41) is 20.3. The van der Waals surface area contributed by atoms with E-state index in [1.54, 1.807) is 0 Å². The molecule has 0 bridgehead atoms. The van der Waals surface area contributed by atoms with Crippen LogP contribution in [0.4, 0.5) is 5.69 Å². The van der Waals surface area contributed by atoms with Gasteiger partial charge in [-0.2, -0.15) is 0 Å². The second-order valence-corrected chi connectivity index (χ2v) is 6.69. The van der Waals surface area contributed by atoms with E-state index in [2.05, 4.69) is 4.72 Å². The predicted octanol–water partition coefficient (Wildman–Crippen LogP) is 2.57. The molecule has 0 aliphatic carbocycles. The minimum Gasteiger partial charge on any atom is -0.872 e. The van der Waals surface area contributed by atoms with E-state index in [1.807, 2.05) is 0 Å². The van der Waals surface area contributed by atoms with Crippen LogP contribution < -0.4 is 9.83 Å². The zero-order valence-corrected chi connectivity index (χ0v) is 13.0. The predicted molar refractivity (Wildman–Crippen MR) is 80.1 cm³/mol. The van der Waals surface area contributed by atoms with Crippen LogP contribution in [0, 0.1) is 0 Å². The van der Waals surface area contributed by atoms with Gasteiger partial charge in [-0.3, -0.25) is 4.72 Å². The number of nitrogens with one attached hydrogen (secondary N) is 1. The van der Waals surface area contributed by atoms with Gasteiger partial charge in [-0.05, 0) is 30.3 Å². The van der Waals surface area contributed by atoms with Crippen molar-refractivity contribution >= 4 is 44.9 Å². The molecule has 6 nitrogen and oxygen atoms in total. The van der Waals surface area contributed by atoms with Gasteiger partial charge in [0.05, 0.1) is 10.6 Å². The molecule has 0 radical (unpaired) electrons. The summed E-state index contributed by atoms with van der Waals surface area (Å²) in [4.78, 5) is 10.6. The van der Waals surface area contributed by atoms with Gasteiger partial charge >= 0.3 is 5.97 Å². The van der Waals surface area contributed by atoms with E-state index in [0.717, 1.165) is 24.3 Å². The monoisotopic (exact) mass is 360 g/mol. The number of benzene rings is 2. The van der Waals surface area contributed by atoms with Gasteiger partial charge in [0.1, 0.15) is 4.90 Å². The van der Waals surface area contributed by atoms with Crippen LogP contribution in [-0.4, -0.2) is 19.5 Å². The van der Waals surface area contributed by atoms with Crippen molar-refractivity contribution in [3.05, 3.63) is 52.0 Å². The standard InChI is InChI=1S/C13H9Cl2NO5S/c14-7-1-3-10(15)12(5-7)22(20,21)16-8-2-4-11(17)9(6-8)13(18)19/h1-6,16-17H,(H,18,19)/p-1. The van der Waals surface area contributed by atoms with Crippen molar-refractivity contribution in [1.29, 1.82) is 0 Å². The number of hydrogen-bond donors (Lipinski definition) is 2. The maximum Gasteiger partial charge on any atom is 0.335 e. The first-order valence-electron chi connectivity index (χ1n) is 5.73. The van der Waals surface area contributed by atoms with E-state index in [9.17, 15) is 18.3 Å². The molecule has 0 aromatic heterocycles. The average Bonchev–Trinajstić information content (AvgIpc) is 2.43. The summed E-state index contributed by atoms with van der Waals surface area (Å²) in [6.07, 6.45) is 0. The van der Waals surface area contributed by atoms with Gasteiger partial charge in [0.15, 0.2) is 0 Å². The number of carboxylic acid groups (broad SMARTS) is 1. The van der Waals surface area contributed by atoms with Crippen LogP contribution in [-0.2, 0) is 10.0 Å². The van der Waals surface area contributed by atoms with Crippen LogP contribution in [0.2, 0.25) is 10.0 Å². The number of anilines is 1. The molecular formula is C13H8Cl2NO5S-. The van der Waals surface area contributed by atoms with Crippen LogP contribution in [0.1, 0.15) is 10.4 Å². The second-order valence-electron chi connectivity index (χ2n) is 4.20. The molecule has 0 saturated carbocycles. The molecule has 0 aliphatic heterocycles. The number of aromatic carboxylic acids is 1. The highest BCUT2D eigenvalue weighted by atomic mass is 35.5. The van der Waals surface area contributed by atoms with Gasteiger partial charge in [0.25, 0.3) is 10.0 Å². The molecule has 0 saturated heterocycles. The lowest BCUT2D eigenvalue weighted by Gasteiger charge is -2.14. The molecule has 0 amide bonds. The molecule has 0 aliphatic rings. The van der Waals surface area contributed by atoms with Crippen LogP contribution in [0.3, 0.4) is 0 Å². The maximum atomic E-state index is 12.3. The molecular weight excluding hydrogens is 353 g/mol. The fourth-order valence-corrected chi connectivity index (χ4v) is 3.47. The molecule has 2 rings (SSSR count). The number of halogens is 2. The fourth-order valence-electron chi connectivity index (χ4n) is 1.65. The first kappa shape index (κ1) is 16.4. The van der Waals surface area contributed by atoms with Gasteiger partial charge in [0.2, 0.25) is 0 Å². The van der Waals surface area contributed by atoms with Crippen molar-refractivity contribution in [3.63, 3.8) is 0 Å². The largest absolute Gasteiger partial charge is 0.872 e. The highest BCUT2D eigenvalue weighted by molar-refractivity contribution is 7.92. The first-order chi connectivity index (χ1) is 10.2. The SMILES string of the molecule is O=C(O)c1cc(NS(=O)(=O)c2cc(Cl)ccc2Cl)ccc1[O-]. The summed E-state index contributed by atoms with van der Waals surface area (Å²) in [7, 11) is -4.08. The number of rotatable bonds is 4. The molecule has 0 unspecified atom stereocenters. The van der Waals surface area contributed by atoms with E-state index in [4.69, 9.17) is 28.3 Å².